The van der Waals surface area contributed by atoms with Crippen LogP contribution in [0.25, 0.3) is 21.5 Å². The molecule has 152 valence electrons. The summed E-state index contributed by atoms with van der Waals surface area (Å²) in [5.74, 6) is -0.331. The second-order valence-electron chi connectivity index (χ2n) is 6.83. The molecule has 2 aromatic heterocycles. The standard InChI is InChI=1S/C22H19ClN4O2S/c1-3-14-4-10-17(11-5-14)25-18(28)12-27-22(29)20-21(30-13(2)24-20)19(26-27)15-6-8-16(23)9-7-15/h4-11H,3,12H2,1-2H3,(H,25,28). The van der Waals surface area contributed by atoms with E-state index in [1.54, 1.807) is 12.1 Å². The molecule has 0 saturated carbocycles. The van der Waals surface area contributed by atoms with Crippen molar-refractivity contribution in [3.63, 3.8) is 0 Å². The first kappa shape index (κ1) is 20.3. The molecule has 0 aliphatic heterocycles. The second kappa shape index (κ2) is 8.38. The normalized spacial score (nSPS) is 11.0. The number of hydrogen-bond donors (Lipinski definition) is 1. The van der Waals surface area contributed by atoms with Crippen molar-refractivity contribution >= 4 is 44.7 Å². The van der Waals surface area contributed by atoms with Crippen LogP contribution in [0, 0.1) is 6.92 Å². The number of aryl methyl sites for hydroxylation is 2. The van der Waals surface area contributed by atoms with Gasteiger partial charge in [0.1, 0.15) is 12.2 Å². The Morgan fingerprint density at radius 3 is 2.50 bits per heavy atom. The Hall–Kier alpha value is -3.03. The van der Waals surface area contributed by atoms with Crippen LogP contribution in [0.2, 0.25) is 5.02 Å². The molecule has 4 rings (SSSR count). The summed E-state index contributed by atoms with van der Waals surface area (Å²) in [5, 5.41) is 8.68. The summed E-state index contributed by atoms with van der Waals surface area (Å²) in [5.41, 5.74) is 3.20. The van der Waals surface area contributed by atoms with Gasteiger partial charge >= 0.3 is 0 Å². The van der Waals surface area contributed by atoms with E-state index in [9.17, 15) is 9.59 Å². The SMILES string of the molecule is CCc1ccc(NC(=O)Cn2nc(-c3ccc(Cl)cc3)c3sc(C)nc3c2=O)cc1. The van der Waals surface area contributed by atoms with Crippen LogP contribution in [0.1, 0.15) is 17.5 Å². The molecular formula is C22H19ClN4O2S. The van der Waals surface area contributed by atoms with Crippen LogP contribution >= 0.6 is 22.9 Å². The van der Waals surface area contributed by atoms with Crippen molar-refractivity contribution in [2.24, 2.45) is 0 Å². The highest BCUT2D eigenvalue weighted by atomic mass is 35.5. The summed E-state index contributed by atoms with van der Waals surface area (Å²) in [7, 11) is 0. The van der Waals surface area contributed by atoms with E-state index in [2.05, 4.69) is 22.3 Å². The molecule has 2 heterocycles. The van der Waals surface area contributed by atoms with Gasteiger partial charge in [0.05, 0.1) is 9.71 Å². The van der Waals surface area contributed by atoms with Gasteiger partial charge in [0, 0.05) is 16.3 Å². The predicted molar refractivity (Wildman–Crippen MR) is 121 cm³/mol. The van der Waals surface area contributed by atoms with Gasteiger partial charge in [-0.05, 0) is 43.2 Å². The number of hydrogen-bond acceptors (Lipinski definition) is 5. The summed E-state index contributed by atoms with van der Waals surface area (Å²) in [6.45, 7) is 3.70. The molecule has 0 bridgehead atoms. The Labute approximate surface area is 182 Å². The Balaban J connectivity index is 1.69. The minimum atomic E-state index is -0.386. The molecule has 8 heteroatoms. The van der Waals surface area contributed by atoms with Crippen LogP contribution in [0.3, 0.4) is 0 Å². The first-order chi connectivity index (χ1) is 14.4. The number of carbonyl (C=O) groups is 1. The topological polar surface area (TPSA) is 76.9 Å². The van der Waals surface area contributed by atoms with E-state index >= 15 is 0 Å². The molecule has 1 N–H and O–H groups in total. The first-order valence-corrected chi connectivity index (χ1v) is 10.7. The maximum atomic E-state index is 12.9. The van der Waals surface area contributed by atoms with E-state index in [1.165, 1.54) is 21.6 Å². The van der Waals surface area contributed by atoms with Crippen molar-refractivity contribution in [1.82, 2.24) is 14.8 Å². The molecule has 1 amide bonds. The zero-order valence-corrected chi connectivity index (χ0v) is 18.0. The number of amides is 1. The van der Waals surface area contributed by atoms with Gasteiger partial charge in [-0.2, -0.15) is 5.10 Å². The fraction of sp³-hybridized carbons (Fsp3) is 0.182. The summed E-state index contributed by atoms with van der Waals surface area (Å²) < 4.78 is 1.87. The lowest BCUT2D eigenvalue weighted by Crippen LogP contribution is -2.30. The molecular weight excluding hydrogens is 420 g/mol. The van der Waals surface area contributed by atoms with Crippen molar-refractivity contribution in [2.75, 3.05) is 5.32 Å². The molecule has 30 heavy (non-hydrogen) atoms. The number of carbonyl (C=O) groups excluding carboxylic acids is 1. The van der Waals surface area contributed by atoms with Crippen molar-refractivity contribution in [3.05, 3.63) is 74.5 Å². The third-order valence-electron chi connectivity index (χ3n) is 4.66. The number of thiazole rings is 1. The summed E-state index contributed by atoms with van der Waals surface area (Å²) in [4.78, 5) is 29.8. The van der Waals surface area contributed by atoms with Gasteiger partial charge in [0.15, 0.2) is 5.52 Å². The lowest BCUT2D eigenvalue weighted by Gasteiger charge is -2.10. The summed E-state index contributed by atoms with van der Waals surface area (Å²) >= 11 is 7.41. The molecule has 0 unspecified atom stereocenters. The van der Waals surface area contributed by atoms with Crippen LogP contribution in [-0.4, -0.2) is 20.7 Å². The zero-order chi connectivity index (χ0) is 21.3. The molecule has 0 aliphatic carbocycles. The van der Waals surface area contributed by atoms with E-state index < -0.39 is 0 Å². The third kappa shape index (κ3) is 4.13. The number of fused-ring (bicyclic) bond motifs is 1. The van der Waals surface area contributed by atoms with Gasteiger partial charge in [-0.15, -0.1) is 11.3 Å². The number of halogens is 1. The second-order valence-corrected chi connectivity index (χ2v) is 8.47. The zero-order valence-electron chi connectivity index (χ0n) is 16.5. The Morgan fingerprint density at radius 2 is 1.83 bits per heavy atom. The van der Waals surface area contributed by atoms with Crippen LogP contribution in [-0.2, 0) is 17.8 Å². The minimum Gasteiger partial charge on any atom is -0.324 e. The van der Waals surface area contributed by atoms with Gasteiger partial charge in [0.2, 0.25) is 5.91 Å². The molecule has 4 aromatic rings. The fourth-order valence-electron chi connectivity index (χ4n) is 3.13. The van der Waals surface area contributed by atoms with Crippen LogP contribution < -0.4 is 10.9 Å². The number of benzene rings is 2. The van der Waals surface area contributed by atoms with Crippen molar-refractivity contribution in [1.29, 1.82) is 0 Å². The Kier molecular flexibility index (Phi) is 5.65. The van der Waals surface area contributed by atoms with Crippen LogP contribution in [0.4, 0.5) is 5.69 Å². The molecule has 6 nitrogen and oxygen atoms in total. The number of nitrogens with zero attached hydrogens (tertiary/aromatic N) is 3. The molecule has 2 aromatic carbocycles. The van der Waals surface area contributed by atoms with E-state index in [1.807, 2.05) is 43.3 Å². The van der Waals surface area contributed by atoms with E-state index in [4.69, 9.17) is 11.6 Å². The lowest BCUT2D eigenvalue weighted by atomic mass is 10.1. The first-order valence-electron chi connectivity index (χ1n) is 9.47. The van der Waals surface area contributed by atoms with E-state index in [0.29, 0.717) is 26.6 Å². The largest absolute Gasteiger partial charge is 0.324 e. The maximum absolute atomic E-state index is 12.9. The van der Waals surface area contributed by atoms with Gasteiger partial charge in [0.25, 0.3) is 5.56 Å². The van der Waals surface area contributed by atoms with Gasteiger partial charge in [-0.3, -0.25) is 9.59 Å². The maximum Gasteiger partial charge on any atom is 0.294 e. The number of aromatic nitrogens is 3. The monoisotopic (exact) mass is 438 g/mol. The third-order valence-corrected chi connectivity index (χ3v) is 5.89. The van der Waals surface area contributed by atoms with Crippen molar-refractivity contribution in [2.45, 2.75) is 26.8 Å². The average Bonchev–Trinajstić information content (AvgIpc) is 3.13. The highest BCUT2D eigenvalue weighted by Gasteiger charge is 2.18. The molecule has 0 fully saturated rings. The molecule has 0 radical (unpaired) electrons. The minimum absolute atomic E-state index is 0.207. The van der Waals surface area contributed by atoms with Gasteiger partial charge < -0.3 is 5.32 Å². The highest BCUT2D eigenvalue weighted by Crippen LogP contribution is 2.30. The molecule has 0 saturated heterocycles. The van der Waals surface area contributed by atoms with E-state index in [-0.39, 0.29) is 18.0 Å². The van der Waals surface area contributed by atoms with Crippen molar-refractivity contribution < 1.29 is 4.79 Å². The van der Waals surface area contributed by atoms with Gasteiger partial charge in [-0.25, -0.2) is 9.67 Å². The van der Waals surface area contributed by atoms with E-state index in [0.717, 1.165) is 17.0 Å². The Morgan fingerprint density at radius 1 is 1.13 bits per heavy atom. The summed E-state index contributed by atoms with van der Waals surface area (Å²) in [6.07, 6.45) is 0.925. The highest BCUT2D eigenvalue weighted by molar-refractivity contribution is 7.19. The number of anilines is 1. The van der Waals surface area contributed by atoms with Crippen molar-refractivity contribution in [3.8, 4) is 11.3 Å². The fourth-order valence-corrected chi connectivity index (χ4v) is 4.17. The summed E-state index contributed by atoms with van der Waals surface area (Å²) in [6, 6.07) is 14.8. The number of nitrogens with one attached hydrogen (secondary N) is 1. The number of rotatable bonds is 5. The lowest BCUT2D eigenvalue weighted by molar-refractivity contribution is -0.117. The molecule has 0 spiro atoms. The predicted octanol–water partition coefficient (Wildman–Crippen LogP) is 4.68. The quantitative estimate of drug-likeness (QED) is 0.490. The molecule has 0 aliphatic rings. The Bertz CT molecular complexity index is 1280. The van der Waals surface area contributed by atoms with Gasteiger partial charge in [-0.1, -0.05) is 42.8 Å². The van der Waals surface area contributed by atoms with Crippen LogP contribution in [0.5, 0.6) is 0 Å². The smallest absolute Gasteiger partial charge is 0.294 e. The average molecular weight is 439 g/mol. The van der Waals surface area contributed by atoms with Crippen LogP contribution in [0.15, 0.2) is 53.3 Å². The molecule has 0 atom stereocenters.